The fraction of sp³-hybridized carbons (Fsp3) is 0.417. The maximum Gasteiger partial charge on any atom is 0.224 e. The van der Waals surface area contributed by atoms with Crippen LogP contribution in [-0.2, 0) is 11.2 Å². The van der Waals surface area contributed by atoms with Gasteiger partial charge in [0.2, 0.25) is 5.91 Å². The molecule has 1 rings (SSSR count). The largest absolute Gasteiger partial charge is 0.356 e. The monoisotopic (exact) mass is 269 g/mol. The molecular weight excluding hydrogens is 254 g/mol. The number of aryl methyl sites for hydroxylation is 1. The number of carbonyl (C=O) groups excluding carboxylic acids is 1. The minimum Gasteiger partial charge on any atom is -0.356 e. The SMILES string of the molecule is Cc1ccccc1CC(=O)NCCCBr. The average molecular weight is 270 g/mol. The minimum absolute atomic E-state index is 0.102. The molecule has 0 bridgehead atoms. The van der Waals surface area contributed by atoms with Gasteiger partial charge in [0, 0.05) is 11.9 Å². The van der Waals surface area contributed by atoms with Crippen LogP contribution in [0.15, 0.2) is 24.3 Å². The van der Waals surface area contributed by atoms with Crippen molar-refractivity contribution < 1.29 is 4.79 Å². The Balaban J connectivity index is 2.41. The van der Waals surface area contributed by atoms with Gasteiger partial charge in [-0.15, -0.1) is 0 Å². The second-order valence-corrected chi connectivity index (χ2v) is 4.29. The molecule has 15 heavy (non-hydrogen) atoms. The van der Waals surface area contributed by atoms with Gasteiger partial charge in [0.15, 0.2) is 0 Å². The topological polar surface area (TPSA) is 29.1 Å². The van der Waals surface area contributed by atoms with Crippen LogP contribution < -0.4 is 5.32 Å². The van der Waals surface area contributed by atoms with Gasteiger partial charge in [-0.05, 0) is 24.5 Å². The van der Waals surface area contributed by atoms with E-state index in [0.717, 1.165) is 23.9 Å². The zero-order valence-corrected chi connectivity index (χ0v) is 10.5. The predicted octanol–water partition coefficient (Wildman–Crippen LogP) is 2.44. The van der Waals surface area contributed by atoms with E-state index in [0.29, 0.717) is 6.42 Å². The van der Waals surface area contributed by atoms with Gasteiger partial charge in [-0.2, -0.15) is 0 Å². The molecule has 0 saturated heterocycles. The van der Waals surface area contributed by atoms with Gasteiger partial charge in [-0.3, -0.25) is 4.79 Å². The molecule has 0 unspecified atom stereocenters. The normalized spacial score (nSPS) is 10.0. The summed E-state index contributed by atoms with van der Waals surface area (Å²) < 4.78 is 0. The number of nitrogens with one attached hydrogen (secondary N) is 1. The summed E-state index contributed by atoms with van der Waals surface area (Å²) in [5.41, 5.74) is 2.28. The molecule has 1 aromatic rings. The summed E-state index contributed by atoms with van der Waals surface area (Å²) in [7, 11) is 0. The summed E-state index contributed by atoms with van der Waals surface area (Å²) in [5, 5.41) is 3.82. The van der Waals surface area contributed by atoms with E-state index in [2.05, 4.69) is 21.2 Å². The van der Waals surface area contributed by atoms with E-state index in [4.69, 9.17) is 0 Å². The summed E-state index contributed by atoms with van der Waals surface area (Å²) in [6.07, 6.45) is 1.45. The van der Waals surface area contributed by atoms with Crippen LogP contribution in [0.4, 0.5) is 0 Å². The van der Waals surface area contributed by atoms with Crippen molar-refractivity contribution in [1.82, 2.24) is 5.32 Å². The van der Waals surface area contributed by atoms with Gasteiger partial charge < -0.3 is 5.32 Å². The first-order chi connectivity index (χ1) is 7.24. The number of carbonyl (C=O) groups is 1. The zero-order chi connectivity index (χ0) is 11.1. The number of hydrogen-bond donors (Lipinski definition) is 1. The van der Waals surface area contributed by atoms with Gasteiger partial charge in [0.05, 0.1) is 6.42 Å². The molecule has 3 heteroatoms. The molecule has 0 fully saturated rings. The van der Waals surface area contributed by atoms with Crippen LogP contribution in [0, 0.1) is 6.92 Å². The zero-order valence-electron chi connectivity index (χ0n) is 8.92. The van der Waals surface area contributed by atoms with Gasteiger partial charge in [0.25, 0.3) is 0 Å². The fourth-order valence-electron chi connectivity index (χ4n) is 1.34. The van der Waals surface area contributed by atoms with Crippen molar-refractivity contribution in [3.63, 3.8) is 0 Å². The standard InChI is InChI=1S/C12H16BrNO/c1-10-5-2-3-6-11(10)9-12(15)14-8-4-7-13/h2-3,5-6H,4,7-9H2,1H3,(H,14,15). The molecule has 1 N–H and O–H groups in total. The summed E-state index contributed by atoms with van der Waals surface area (Å²) in [6, 6.07) is 7.98. The number of benzene rings is 1. The second-order valence-electron chi connectivity index (χ2n) is 3.50. The number of amides is 1. The third-order valence-electron chi connectivity index (χ3n) is 2.24. The molecule has 0 aromatic heterocycles. The Bertz CT molecular complexity index is 325. The number of alkyl halides is 1. The van der Waals surface area contributed by atoms with Crippen molar-refractivity contribution >= 4 is 21.8 Å². The summed E-state index contributed by atoms with van der Waals surface area (Å²) >= 11 is 3.33. The molecule has 0 spiro atoms. The third-order valence-corrected chi connectivity index (χ3v) is 2.81. The second kappa shape index (κ2) is 6.62. The molecule has 1 aromatic carbocycles. The Morgan fingerprint density at radius 2 is 2.13 bits per heavy atom. The highest BCUT2D eigenvalue weighted by atomic mass is 79.9. The van der Waals surface area contributed by atoms with Crippen LogP contribution in [0.25, 0.3) is 0 Å². The van der Waals surface area contributed by atoms with E-state index < -0.39 is 0 Å². The molecular formula is C12H16BrNO. The molecule has 2 nitrogen and oxygen atoms in total. The van der Waals surface area contributed by atoms with Crippen molar-refractivity contribution in [2.45, 2.75) is 19.8 Å². The highest BCUT2D eigenvalue weighted by Crippen LogP contribution is 2.07. The lowest BCUT2D eigenvalue weighted by atomic mass is 10.1. The Kier molecular flexibility index (Phi) is 5.40. The molecule has 0 aliphatic carbocycles. The van der Waals surface area contributed by atoms with Crippen molar-refractivity contribution in [3.8, 4) is 0 Å². The molecule has 0 aliphatic rings. The molecule has 0 aliphatic heterocycles. The maximum atomic E-state index is 11.5. The van der Waals surface area contributed by atoms with Crippen molar-refractivity contribution in [3.05, 3.63) is 35.4 Å². The molecule has 82 valence electrons. The van der Waals surface area contributed by atoms with E-state index in [1.807, 2.05) is 31.2 Å². The van der Waals surface area contributed by atoms with Crippen molar-refractivity contribution in [2.75, 3.05) is 11.9 Å². The first-order valence-corrected chi connectivity index (χ1v) is 6.23. The lowest BCUT2D eigenvalue weighted by Crippen LogP contribution is -2.26. The smallest absolute Gasteiger partial charge is 0.224 e. The molecule has 0 heterocycles. The molecule has 0 saturated carbocycles. The first-order valence-electron chi connectivity index (χ1n) is 5.11. The van der Waals surface area contributed by atoms with Gasteiger partial charge in [-0.25, -0.2) is 0 Å². The van der Waals surface area contributed by atoms with Crippen LogP contribution >= 0.6 is 15.9 Å². The first kappa shape index (κ1) is 12.2. The molecule has 0 radical (unpaired) electrons. The summed E-state index contributed by atoms with van der Waals surface area (Å²) in [5.74, 6) is 0.102. The van der Waals surface area contributed by atoms with E-state index in [9.17, 15) is 4.79 Å². The number of hydrogen-bond acceptors (Lipinski definition) is 1. The fourth-order valence-corrected chi connectivity index (χ4v) is 1.62. The highest BCUT2D eigenvalue weighted by Gasteiger charge is 2.03. The van der Waals surface area contributed by atoms with Gasteiger partial charge >= 0.3 is 0 Å². The van der Waals surface area contributed by atoms with E-state index in [1.165, 1.54) is 5.56 Å². The van der Waals surface area contributed by atoms with Crippen molar-refractivity contribution in [2.24, 2.45) is 0 Å². The predicted molar refractivity (Wildman–Crippen MR) is 66.3 cm³/mol. The van der Waals surface area contributed by atoms with Crippen LogP contribution in [0.3, 0.4) is 0 Å². The summed E-state index contributed by atoms with van der Waals surface area (Å²) in [6.45, 7) is 2.77. The van der Waals surface area contributed by atoms with Crippen molar-refractivity contribution in [1.29, 1.82) is 0 Å². The number of halogens is 1. The van der Waals surface area contributed by atoms with Crippen LogP contribution in [0.2, 0.25) is 0 Å². The summed E-state index contributed by atoms with van der Waals surface area (Å²) in [4.78, 5) is 11.5. The van der Waals surface area contributed by atoms with Gasteiger partial charge in [-0.1, -0.05) is 40.2 Å². The Morgan fingerprint density at radius 1 is 1.40 bits per heavy atom. The average Bonchev–Trinajstić information content (AvgIpc) is 2.22. The molecule has 0 atom stereocenters. The quantitative estimate of drug-likeness (QED) is 0.646. The highest BCUT2D eigenvalue weighted by molar-refractivity contribution is 9.09. The van der Waals surface area contributed by atoms with E-state index >= 15 is 0 Å². The van der Waals surface area contributed by atoms with Crippen LogP contribution in [-0.4, -0.2) is 17.8 Å². The Hall–Kier alpha value is -0.830. The minimum atomic E-state index is 0.102. The third kappa shape index (κ3) is 4.47. The van der Waals surface area contributed by atoms with Crippen LogP contribution in [0.5, 0.6) is 0 Å². The Morgan fingerprint density at radius 3 is 2.80 bits per heavy atom. The molecule has 1 amide bonds. The maximum absolute atomic E-state index is 11.5. The Labute approximate surface area is 99.2 Å². The van der Waals surface area contributed by atoms with E-state index in [-0.39, 0.29) is 5.91 Å². The lowest BCUT2D eigenvalue weighted by molar-refractivity contribution is -0.120. The van der Waals surface area contributed by atoms with Crippen LogP contribution in [0.1, 0.15) is 17.5 Å². The van der Waals surface area contributed by atoms with Gasteiger partial charge in [0.1, 0.15) is 0 Å². The lowest BCUT2D eigenvalue weighted by Gasteiger charge is -2.06. The van der Waals surface area contributed by atoms with E-state index in [1.54, 1.807) is 0 Å². The number of rotatable bonds is 5.